The lowest BCUT2D eigenvalue weighted by Gasteiger charge is -2.06. The third-order valence-corrected chi connectivity index (χ3v) is 2.01. The Kier molecular flexibility index (Phi) is 7.56. The van der Waals surface area contributed by atoms with Crippen LogP contribution in [0, 0.1) is 0 Å². The van der Waals surface area contributed by atoms with E-state index in [2.05, 4.69) is 5.32 Å². The van der Waals surface area contributed by atoms with Gasteiger partial charge in [0.25, 0.3) is 0 Å². The summed E-state index contributed by atoms with van der Waals surface area (Å²) in [7, 11) is 0. The minimum absolute atomic E-state index is 0.0548. The average Bonchev–Trinajstić information content (AvgIpc) is 2.12. The maximum absolute atomic E-state index is 11.7. The summed E-state index contributed by atoms with van der Waals surface area (Å²) >= 11 is 5.37. The standard InChI is InChI=1S/C9H15ClF3NO/c10-6-3-4-8(15)14-7-2-1-5-9(11,12)13/h1-7H2,(H,14,15). The van der Waals surface area contributed by atoms with Gasteiger partial charge in [-0.25, -0.2) is 0 Å². The lowest BCUT2D eigenvalue weighted by atomic mass is 10.2. The molecular weight excluding hydrogens is 231 g/mol. The molecule has 90 valence electrons. The highest BCUT2D eigenvalue weighted by atomic mass is 35.5. The molecule has 0 unspecified atom stereocenters. The van der Waals surface area contributed by atoms with E-state index >= 15 is 0 Å². The summed E-state index contributed by atoms with van der Waals surface area (Å²) in [6, 6.07) is 0. The minimum atomic E-state index is -4.09. The Morgan fingerprint density at radius 2 is 1.87 bits per heavy atom. The lowest BCUT2D eigenvalue weighted by molar-refractivity contribution is -0.135. The van der Waals surface area contributed by atoms with Gasteiger partial charge in [0.1, 0.15) is 0 Å². The van der Waals surface area contributed by atoms with Crippen LogP contribution in [-0.4, -0.2) is 24.5 Å². The molecule has 0 heterocycles. The van der Waals surface area contributed by atoms with Crippen molar-refractivity contribution < 1.29 is 18.0 Å². The highest BCUT2D eigenvalue weighted by molar-refractivity contribution is 6.17. The van der Waals surface area contributed by atoms with Crippen molar-refractivity contribution in [3.63, 3.8) is 0 Å². The van der Waals surface area contributed by atoms with Gasteiger partial charge in [0.05, 0.1) is 0 Å². The number of carbonyl (C=O) groups excluding carboxylic acids is 1. The van der Waals surface area contributed by atoms with Gasteiger partial charge in [-0.15, -0.1) is 11.6 Å². The Morgan fingerprint density at radius 3 is 2.40 bits per heavy atom. The summed E-state index contributed by atoms with van der Waals surface area (Å²) in [5.74, 6) is 0.268. The fourth-order valence-corrected chi connectivity index (χ4v) is 1.13. The monoisotopic (exact) mass is 245 g/mol. The number of nitrogens with one attached hydrogen (secondary N) is 1. The molecule has 0 saturated heterocycles. The van der Waals surface area contributed by atoms with Gasteiger partial charge in [-0.2, -0.15) is 13.2 Å². The van der Waals surface area contributed by atoms with Crippen LogP contribution in [0.5, 0.6) is 0 Å². The Morgan fingerprint density at radius 1 is 1.20 bits per heavy atom. The number of carbonyl (C=O) groups is 1. The summed E-state index contributed by atoms with van der Waals surface area (Å²) in [5.41, 5.74) is 0. The smallest absolute Gasteiger partial charge is 0.356 e. The zero-order chi connectivity index (χ0) is 11.7. The molecule has 0 rings (SSSR count). The SMILES string of the molecule is O=C(CCCCl)NCCCCC(F)(F)F. The highest BCUT2D eigenvalue weighted by Gasteiger charge is 2.25. The quantitative estimate of drug-likeness (QED) is 0.542. The zero-order valence-electron chi connectivity index (χ0n) is 8.37. The second kappa shape index (κ2) is 7.79. The van der Waals surface area contributed by atoms with Crippen molar-refractivity contribution in [2.24, 2.45) is 0 Å². The number of amides is 1. The Bertz CT molecular complexity index is 185. The van der Waals surface area contributed by atoms with Gasteiger partial charge < -0.3 is 5.32 Å². The summed E-state index contributed by atoms with van der Waals surface area (Å²) in [4.78, 5) is 11.0. The third kappa shape index (κ3) is 11.5. The van der Waals surface area contributed by atoms with Crippen LogP contribution >= 0.6 is 11.6 Å². The van der Waals surface area contributed by atoms with E-state index in [9.17, 15) is 18.0 Å². The molecule has 0 fully saturated rings. The van der Waals surface area contributed by atoms with Gasteiger partial charge in [-0.05, 0) is 19.3 Å². The largest absolute Gasteiger partial charge is 0.389 e. The first-order valence-electron chi connectivity index (χ1n) is 4.85. The number of halogens is 4. The van der Waals surface area contributed by atoms with Crippen LogP contribution in [-0.2, 0) is 4.79 Å². The van der Waals surface area contributed by atoms with Crippen LogP contribution in [0.1, 0.15) is 32.1 Å². The van der Waals surface area contributed by atoms with E-state index in [4.69, 9.17) is 11.6 Å². The van der Waals surface area contributed by atoms with Gasteiger partial charge in [0, 0.05) is 25.3 Å². The van der Waals surface area contributed by atoms with Crippen molar-refractivity contribution in [3.8, 4) is 0 Å². The van der Waals surface area contributed by atoms with Gasteiger partial charge in [-0.1, -0.05) is 0 Å². The normalized spacial score (nSPS) is 11.5. The van der Waals surface area contributed by atoms with E-state index in [1.165, 1.54) is 0 Å². The molecular formula is C9H15ClF3NO. The molecule has 1 N–H and O–H groups in total. The third-order valence-electron chi connectivity index (χ3n) is 1.75. The van der Waals surface area contributed by atoms with E-state index in [0.717, 1.165) is 0 Å². The van der Waals surface area contributed by atoms with Crippen LogP contribution in [0.25, 0.3) is 0 Å². The van der Waals surface area contributed by atoms with Crippen molar-refractivity contribution in [3.05, 3.63) is 0 Å². The molecule has 2 nitrogen and oxygen atoms in total. The van der Waals surface area contributed by atoms with Crippen molar-refractivity contribution in [2.45, 2.75) is 38.3 Å². The topological polar surface area (TPSA) is 29.1 Å². The second-order valence-corrected chi connectivity index (χ2v) is 3.59. The Labute approximate surface area is 92.2 Å². The van der Waals surface area contributed by atoms with E-state index in [0.29, 0.717) is 31.7 Å². The fraction of sp³-hybridized carbons (Fsp3) is 0.889. The number of unbranched alkanes of at least 4 members (excludes halogenated alkanes) is 1. The lowest BCUT2D eigenvalue weighted by Crippen LogP contribution is -2.24. The number of rotatable bonds is 7. The molecule has 0 saturated carbocycles. The van der Waals surface area contributed by atoms with Crippen molar-refractivity contribution >= 4 is 17.5 Å². The number of alkyl halides is 4. The number of hydrogen-bond donors (Lipinski definition) is 1. The molecule has 6 heteroatoms. The van der Waals surface area contributed by atoms with Crippen LogP contribution < -0.4 is 5.32 Å². The summed E-state index contributed by atoms with van der Waals surface area (Å²) in [6.07, 6.45) is -3.54. The molecule has 15 heavy (non-hydrogen) atoms. The maximum Gasteiger partial charge on any atom is 0.389 e. The highest BCUT2D eigenvalue weighted by Crippen LogP contribution is 2.21. The van der Waals surface area contributed by atoms with Crippen molar-refractivity contribution in [1.29, 1.82) is 0 Å². The van der Waals surface area contributed by atoms with E-state index in [1.807, 2.05) is 0 Å². The van der Waals surface area contributed by atoms with Crippen LogP contribution in [0.3, 0.4) is 0 Å². The van der Waals surface area contributed by atoms with Crippen LogP contribution in [0.4, 0.5) is 13.2 Å². The summed E-state index contributed by atoms with van der Waals surface area (Å²) in [6.45, 7) is 0.303. The predicted molar refractivity (Wildman–Crippen MR) is 52.9 cm³/mol. The van der Waals surface area contributed by atoms with Crippen molar-refractivity contribution in [2.75, 3.05) is 12.4 Å². The maximum atomic E-state index is 11.7. The molecule has 0 spiro atoms. The Balaban J connectivity index is 3.27. The van der Waals surface area contributed by atoms with E-state index in [1.54, 1.807) is 0 Å². The summed E-state index contributed by atoms with van der Waals surface area (Å²) in [5, 5.41) is 2.54. The first-order valence-corrected chi connectivity index (χ1v) is 5.38. The second-order valence-electron chi connectivity index (χ2n) is 3.21. The molecule has 0 aromatic rings. The first-order chi connectivity index (χ1) is 6.95. The molecule has 0 aromatic heterocycles. The Hall–Kier alpha value is -0.450. The van der Waals surface area contributed by atoms with E-state index in [-0.39, 0.29) is 12.3 Å². The van der Waals surface area contributed by atoms with E-state index < -0.39 is 12.6 Å². The molecule has 0 radical (unpaired) electrons. The molecule has 0 bridgehead atoms. The molecule has 0 atom stereocenters. The molecule has 0 aromatic carbocycles. The molecule has 0 aliphatic heterocycles. The first kappa shape index (κ1) is 14.6. The molecule has 1 amide bonds. The number of hydrogen-bond acceptors (Lipinski definition) is 1. The predicted octanol–water partition coefficient (Wildman–Crippen LogP) is 2.85. The van der Waals surface area contributed by atoms with Crippen LogP contribution in [0.15, 0.2) is 0 Å². The minimum Gasteiger partial charge on any atom is -0.356 e. The fourth-order valence-electron chi connectivity index (χ4n) is 0.994. The van der Waals surface area contributed by atoms with Gasteiger partial charge in [0.2, 0.25) is 5.91 Å². The zero-order valence-corrected chi connectivity index (χ0v) is 9.13. The van der Waals surface area contributed by atoms with Crippen LogP contribution in [0.2, 0.25) is 0 Å². The van der Waals surface area contributed by atoms with Gasteiger partial charge in [-0.3, -0.25) is 4.79 Å². The van der Waals surface area contributed by atoms with Gasteiger partial charge in [0.15, 0.2) is 0 Å². The van der Waals surface area contributed by atoms with Gasteiger partial charge >= 0.3 is 6.18 Å². The molecule has 0 aliphatic rings. The van der Waals surface area contributed by atoms with Crippen molar-refractivity contribution in [1.82, 2.24) is 5.32 Å². The summed E-state index contributed by atoms with van der Waals surface area (Å²) < 4.78 is 35.1. The molecule has 0 aliphatic carbocycles. The average molecular weight is 246 g/mol.